The Morgan fingerprint density at radius 3 is 1.62 bits per heavy atom. The number of fused-ring (bicyclic) bond motifs is 6. The third kappa shape index (κ3) is 2.91. The van der Waals surface area contributed by atoms with Crippen LogP contribution in [0.3, 0.4) is 0 Å². The lowest BCUT2D eigenvalue weighted by molar-refractivity contribution is 0.506. The summed E-state index contributed by atoms with van der Waals surface area (Å²) in [6.45, 7) is 6.91. The number of benzene rings is 5. The highest BCUT2D eigenvalue weighted by Crippen LogP contribution is 2.37. The smallest absolute Gasteiger partial charge is 0.00928 e. The molecule has 0 heteroatoms. The van der Waals surface area contributed by atoms with Crippen molar-refractivity contribution in [2.45, 2.75) is 32.6 Å². The Kier molecular flexibility index (Phi) is 4.17. The lowest BCUT2D eigenvalue weighted by atomic mass is 9.81. The molecule has 0 saturated carbocycles. The van der Waals surface area contributed by atoms with Crippen LogP contribution in [0.1, 0.15) is 32.8 Å². The highest BCUT2D eigenvalue weighted by Gasteiger charge is 2.18. The zero-order valence-electron chi connectivity index (χ0n) is 17.4. The topological polar surface area (TPSA) is 0 Å². The monoisotopic (exact) mass is 374 g/mol. The lowest BCUT2D eigenvalue weighted by Crippen LogP contribution is -2.15. The van der Waals surface area contributed by atoms with E-state index < -0.39 is 0 Å². The van der Waals surface area contributed by atoms with Crippen molar-refractivity contribution in [3.8, 4) is 11.1 Å². The SMILES string of the molecule is CCC(C)(C)c1cccc(-c2ccc3c4ccccc4c4ccccc4c3c2)c1. The van der Waals surface area contributed by atoms with Gasteiger partial charge in [0.1, 0.15) is 0 Å². The maximum atomic E-state index is 2.38. The fourth-order valence-corrected chi connectivity index (χ4v) is 4.41. The fourth-order valence-electron chi connectivity index (χ4n) is 4.41. The van der Waals surface area contributed by atoms with Gasteiger partial charge >= 0.3 is 0 Å². The molecule has 5 aromatic carbocycles. The molecule has 0 spiro atoms. The quantitative estimate of drug-likeness (QED) is 0.278. The molecule has 0 heterocycles. The molecule has 0 fully saturated rings. The van der Waals surface area contributed by atoms with Gasteiger partial charge in [-0.3, -0.25) is 0 Å². The van der Waals surface area contributed by atoms with Gasteiger partial charge in [0.25, 0.3) is 0 Å². The minimum Gasteiger partial charge on any atom is -0.0646 e. The van der Waals surface area contributed by atoms with E-state index in [1.165, 1.54) is 49.0 Å². The normalized spacial score (nSPS) is 12.1. The molecule has 0 aliphatic heterocycles. The molecule has 29 heavy (non-hydrogen) atoms. The predicted molar refractivity (Wildman–Crippen MR) is 128 cm³/mol. The van der Waals surface area contributed by atoms with Crippen LogP contribution in [0, 0.1) is 0 Å². The van der Waals surface area contributed by atoms with E-state index in [9.17, 15) is 0 Å². The van der Waals surface area contributed by atoms with E-state index >= 15 is 0 Å². The van der Waals surface area contributed by atoms with Crippen molar-refractivity contribution >= 4 is 32.3 Å². The van der Waals surface area contributed by atoms with Gasteiger partial charge in [0.2, 0.25) is 0 Å². The van der Waals surface area contributed by atoms with Crippen LogP contribution in [0.4, 0.5) is 0 Å². The molecule has 0 bridgehead atoms. The van der Waals surface area contributed by atoms with Crippen LogP contribution in [-0.2, 0) is 5.41 Å². The van der Waals surface area contributed by atoms with Gasteiger partial charge in [-0.15, -0.1) is 0 Å². The maximum Gasteiger partial charge on any atom is -0.00928 e. The zero-order valence-corrected chi connectivity index (χ0v) is 17.4. The highest BCUT2D eigenvalue weighted by atomic mass is 14.2. The first-order valence-corrected chi connectivity index (χ1v) is 10.5. The summed E-state index contributed by atoms with van der Waals surface area (Å²) < 4.78 is 0. The Balaban J connectivity index is 1.80. The van der Waals surface area contributed by atoms with Crippen molar-refractivity contribution in [2.75, 3.05) is 0 Å². The molecule has 0 saturated heterocycles. The second-order valence-corrected chi connectivity index (χ2v) is 8.67. The molecule has 0 aliphatic rings. The van der Waals surface area contributed by atoms with Gasteiger partial charge in [-0.1, -0.05) is 106 Å². The van der Waals surface area contributed by atoms with Gasteiger partial charge in [0.05, 0.1) is 0 Å². The molecular weight excluding hydrogens is 348 g/mol. The molecule has 0 aromatic heterocycles. The third-order valence-corrected chi connectivity index (χ3v) is 6.61. The molecule has 0 N–H and O–H groups in total. The van der Waals surface area contributed by atoms with E-state index in [1.807, 2.05) is 0 Å². The van der Waals surface area contributed by atoms with Crippen molar-refractivity contribution in [2.24, 2.45) is 0 Å². The number of hydrogen-bond donors (Lipinski definition) is 0. The van der Waals surface area contributed by atoms with Crippen LogP contribution in [0.5, 0.6) is 0 Å². The van der Waals surface area contributed by atoms with Crippen LogP contribution in [0.25, 0.3) is 43.4 Å². The fraction of sp³-hybridized carbons (Fsp3) is 0.172. The predicted octanol–water partition coefficient (Wildman–Crippen LogP) is 8.50. The highest BCUT2D eigenvalue weighted by molar-refractivity contribution is 6.25. The third-order valence-electron chi connectivity index (χ3n) is 6.61. The average Bonchev–Trinajstić information content (AvgIpc) is 2.79. The van der Waals surface area contributed by atoms with Crippen molar-refractivity contribution in [3.05, 3.63) is 96.6 Å². The van der Waals surface area contributed by atoms with Crippen molar-refractivity contribution in [1.82, 2.24) is 0 Å². The Morgan fingerprint density at radius 1 is 0.517 bits per heavy atom. The molecule has 0 unspecified atom stereocenters. The summed E-state index contributed by atoms with van der Waals surface area (Å²) in [5.74, 6) is 0. The van der Waals surface area contributed by atoms with E-state index in [4.69, 9.17) is 0 Å². The molecule has 5 rings (SSSR count). The van der Waals surface area contributed by atoms with Crippen LogP contribution in [-0.4, -0.2) is 0 Å². The van der Waals surface area contributed by atoms with E-state index in [0.717, 1.165) is 6.42 Å². The Morgan fingerprint density at radius 2 is 1.03 bits per heavy atom. The summed E-state index contributed by atoms with van der Waals surface area (Å²) in [4.78, 5) is 0. The van der Waals surface area contributed by atoms with Crippen LogP contribution < -0.4 is 0 Å². The maximum absolute atomic E-state index is 2.38. The van der Waals surface area contributed by atoms with Gasteiger partial charge < -0.3 is 0 Å². The van der Waals surface area contributed by atoms with Crippen molar-refractivity contribution < 1.29 is 0 Å². The molecular formula is C29H26. The lowest BCUT2D eigenvalue weighted by Gasteiger charge is -2.24. The summed E-state index contributed by atoms with van der Waals surface area (Å²) in [6, 6.07) is 33.6. The van der Waals surface area contributed by atoms with Gasteiger partial charge in [0.15, 0.2) is 0 Å². The first-order valence-electron chi connectivity index (χ1n) is 10.5. The Labute approximate surface area is 172 Å². The second kappa shape index (κ2) is 6.74. The van der Waals surface area contributed by atoms with E-state index in [-0.39, 0.29) is 5.41 Å². The summed E-state index contributed by atoms with van der Waals surface area (Å²) >= 11 is 0. The second-order valence-electron chi connectivity index (χ2n) is 8.67. The van der Waals surface area contributed by atoms with Gasteiger partial charge in [0, 0.05) is 0 Å². The zero-order chi connectivity index (χ0) is 20.0. The summed E-state index contributed by atoms with van der Waals surface area (Å²) in [5.41, 5.74) is 4.17. The number of rotatable bonds is 3. The Hall–Kier alpha value is -3.12. The molecule has 0 nitrogen and oxygen atoms in total. The van der Waals surface area contributed by atoms with Crippen molar-refractivity contribution in [3.63, 3.8) is 0 Å². The molecule has 142 valence electrons. The van der Waals surface area contributed by atoms with Gasteiger partial charge in [-0.2, -0.15) is 0 Å². The van der Waals surface area contributed by atoms with E-state index in [1.54, 1.807) is 0 Å². The number of hydrogen-bond acceptors (Lipinski definition) is 0. The largest absolute Gasteiger partial charge is 0.0646 e. The molecule has 0 atom stereocenters. The first-order chi connectivity index (χ1) is 14.1. The first kappa shape index (κ1) is 17.9. The minimum absolute atomic E-state index is 0.190. The van der Waals surface area contributed by atoms with Gasteiger partial charge in [-0.25, -0.2) is 0 Å². The summed E-state index contributed by atoms with van der Waals surface area (Å²) in [6.07, 6.45) is 1.13. The van der Waals surface area contributed by atoms with Crippen LogP contribution in [0.15, 0.2) is 91.0 Å². The standard InChI is InChI=1S/C29H26/c1-4-29(2,3)22-11-9-10-20(18-22)21-16-17-27-25-14-6-5-12-23(25)24-13-7-8-15-26(24)28(27)19-21/h5-19H,4H2,1-3H3. The molecule has 0 aliphatic carbocycles. The van der Waals surface area contributed by atoms with Crippen LogP contribution in [0.2, 0.25) is 0 Å². The summed E-state index contributed by atoms with van der Waals surface area (Å²) in [7, 11) is 0. The van der Waals surface area contributed by atoms with E-state index in [0.29, 0.717) is 0 Å². The van der Waals surface area contributed by atoms with Crippen molar-refractivity contribution in [1.29, 1.82) is 0 Å². The van der Waals surface area contributed by atoms with Crippen LogP contribution >= 0.6 is 0 Å². The Bertz CT molecular complexity index is 1320. The molecule has 0 amide bonds. The molecule has 0 radical (unpaired) electrons. The average molecular weight is 375 g/mol. The summed E-state index contributed by atoms with van der Waals surface area (Å²) in [5, 5.41) is 7.97. The molecule has 5 aromatic rings. The minimum atomic E-state index is 0.190. The van der Waals surface area contributed by atoms with Gasteiger partial charge in [-0.05, 0) is 66.9 Å². The van der Waals surface area contributed by atoms with E-state index in [2.05, 4.69) is 112 Å².